The van der Waals surface area contributed by atoms with Crippen molar-refractivity contribution in [3.8, 4) is 0 Å². The third-order valence-electron chi connectivity index (χ3n) is 2.22. The maximum Gasteiger partial charge on any atom is 0.305 e. The Kier molecular flexibility index (Phi) is 6.72. The second-order valence-electron chi connectivity index (χ2n) is 3.61. The number of aliphatic hydroxyl groups excluding tert-OH is 1. The SMILES string of the molecule is COC(=O)CCC(O)CNCc1ccc(Br)s1. The molecule has 2 N–H and O–H groups in total. The molecule has 1 unspecified atom stereocenters. The summed E-state index contributed by atoms with van der Waals surface area (Å²) >= 11 is 5.05. The molecule has 0 bridgehead atoms. The summed E-state index contributed by atoms with van der Waals surface area (Å²) in [6.45, 7) is 1.21. The van der Waals surface area contributed by atoms with Crippen LogP contribution < -0.4 is 5.32 Å². The molecule has 1 heterocycles. The third kappa shape index (κ3) is 6.16. The highest BCUT2D eigenvalue weighted by molar-refractivity contribution is 9.11. The lowest BCUT2D eigenvalue weighted by Crippen LogP contribution is -2.26. The molecule has 0 aliphatic heterocycles. The number of rotatable bonds is 7. The fourth-order valence-electron chi connectivity index (χ4n) is 1.30. The second kappa shape index (κ2) is 7.81. The van der Waals surface area contributed by atoms with Gasteiger partial charge in [-0.1, -0.05) is 0 Å². The summed E-state index contributed by atoms with van der Waals surface area (Å²) in [5, 5.41) is 12.7. The Bertz CT molecular complexity index is 356. The van der Waals surface area contributed by atoms with Crippen LogP contribution in [0.1, 0.15) is 17.7 Å². The van der Waals surface area contributed by atoms with E-state index in [1.54, 1.807) is 11.3 Å². The lowest BCUT2D eigenvalue weighted by atomic mass is 10.2. The van der Waals surface area contributed by atoms with Crippen LogP contribution in [0.3, 0.4) is 0 Å². The van der Waals surface area contributed by atoms with Crippen molar-refractivity contribution in [3.63, 3.8) is 0 Å². The largest absolute Gasteiger partial charge is 0.469 e. The predicted molar refractivity (Wildman–Crippen MR) is 71.0 cm³/mol. The summed E-state index contributed by atoms with van der Waals surface area (Å²) in [5.74, 6) is -0.286. The Hall–Kier alpha value is -0.430. The Morgan fingerprint density at radius 1 is 1.65 bits per heavy atom. The molecule has 0 aromatic carbocycles. The Morgan fingerprint density at radius 3 is 3.00 bits per heavy atom. The number of hydrogen-bond acceptors (Lipinski definition) is 5. The maximum atomic E-state index is 10.9. The molecule has 0 aliphatic rings. The molecule has 1 aromatic heterocycles. The molecule has 0 fully saturated rings. The average molecular weight is 322 g/mol. The molecule has 17 heavy (non-hydrogen) atoms. The Morgan fingerprint density at radius 2 is 2.41 bits per heavy atom. The summed E-state index contributed by atoms with van der Waals surface area (Å²) in [6, 6.07) is 4.03. The van der Waals surface area contributed by atoms with Gasteiger partial charge >= 0.3 is 5.97 Å². The van der Waals surface area contributed by atoms with E-state index >= 15 is 0 Å². The van der Waals surface area contributed by atoms with Crippen LogP contribution >= 0.6 is 27.3 Å². The van der Waals surface area contributed by atoms with Crippen molar-refractivity contribution in [2.24, 2.45) is 0 Å². The van der Waals surface area contributed by atoms with E-state index in [-0.39, 0.29) is 12.4 Å². The minimum atomic E-state index is -0.516. The van der Waals surface area contributed by atoms with Crippen molar-refractivity contribution in [1.82, 2.24) is 5.32 Å². The molecule has 0 saturated heterocycles. The highest BCUT2D eigenvalue weighted by atomic mass is 79.9. The van der Waals surface area contributed by atoms with Crippen molar-refractivity contribution < 1.29 is 14.6 Å². The van der Waals surface area contributed by atoms with E-state index in [2.05, 4.69) is 26.0 Å². The predicted octanol–water partition coefficient (Wildman–Crippen LogP) is 1.91. The van der Waals surface area contributed by atoms with E-state index in [1.807, 2.05) is 12.1 Å². The van der Waals surface area contributed by atoms with E-state index in [1.165, 1.54) is 12.0 Å². The fourth-order valence-corrected chi connectivity index (χ4v) is 2.75. The van der Waals surface area contributed by atoms with Crippen molar-refractivity contribution in [2.45, 2.75) is 25.5 Å². The van der Waals surface area contributed by atoms with Gasteiger partial charge in [-0.25, -0.2) is 0 Å². The van der Waals surface area contributed by atoms with E-state index in [0.29, 0.717) is 13.0 Å². The summed E-state index contributed by atoms with van der Waals surface area (Å²) in [7, 11) is 1.35. The molecule has 1 atom stereocenters. The minimum absolute atomic E-state index is 0.254. The highest BCUT2D eigenvalue weighted by Crippen LogP contribution is 2.21. The first-order valence-electron chi connectivity index (χ1n) is 5.31. The molecule has 0 spiro atoms. The van der Waals surface area contributed by atoms with Gasteiger partial charge in [-0.15, -0.1) is 11.3 Å². The van der Waals surface area contributed by atoms with Crippen LogP contribution in [0, 0.1) is 0 Å². The zero-order chi connectivity index (χ0) is 12.7. The summed E-state index contributed by atoms with van der Waals surface area (Å²) in [6.07, 6.45) is 0.162. The van der Waals surface area contributed by atoms with Gasteiger partial charge < -0.3 is 15.2 Å². The molecule has 1 aromatic rings. The normalized spacial score (nSPS) is 12.4. The van der Waals surface area contributed by atoms with Gasteiger partial charge in [0, 0.05) is 24.4 Å². The number of nitrogens with one attached hydrogen (secondary N) is 1. The van der Waals surface area contributed by atoms with E-state index < -0.39 is 6.10 Å². The molecular formula is C11H16BrNO3S. The summed E-state index contributed by atoms with van der Waals surface area (Å²) in [5.41, 5.74) is 0. The quantitative estimate of drug-likeness (QED) is 0.753. The van der Waals surface area contributed by atoms with Crippen LogP contribution in [-0.2, 0) is 16.1 Å². The molecule has 0 radical (unpaired) electrons. The van der Waals surface area contributed by atoms with Crippen LogP contribution in [0.2, 0.25) is 0 Å². The van der Waals surface area contributed by atoms with Crippen molar-refractivity contribution in [2.75, 3.05) is 13.7 Å². The van der Waals surface area contributed by atoms with Gasteiger partial charge in [0.05, 0.1) is 17.0 Å². The highest BCUT2D eigenvalue weighted by Gasteiger charge is 2.08. The fraction of sp³-hybridized carbons (Fsp3) is 0.545. The van der Waals surface area contributed by atoms with E-state index in [9.17, 15) is 9.90 Å². The van der Waals surface area contributed by atoms with Crippen LogP contribution in [0.5, 0.6) is 0 Å². The molecule has 0 amide bonds. The second-order valence-corrected chi connectivity index (χ2v) is 6.15. The van der Waals surface area contributed by atoms with Gasteiger partial charge in [0.2, 0.25) is 0 Å². The number of aliphatic hydroxyl groups is 1. The number of carbonyl (C=O) groups is 1. The first-order valence-corrected chi connectivity index (χ1v) is 6.92. The number of methoxy groups -OCH3 is 1. The topological polar surface area (TPSA) is 58.6 Å². The van der Waals surface area contributed by atoms with Gasteiger partial charge in [0.15, 0.2) is 0 Å². The Balaban J connectivity index is 2.11. The summed E-state index contributed by atoms with van der Waals surface area (Å²) < 4.78 is 5.60. The molecule has 6 heteroatoms. The molecule has 0 aliphatic carbocycles. The van der Waals surface area contributed by atoms with Crippen molar-refractivity contribution >= 4 is 33.2 Å². The van der Waals surface area contributed by atoms with Gasteiger partial charge in [-0.3, -0.25) is 4.79 Å². The smallest absolute Gasteiger partial charge is 0.305 e. The third-order valence-corrected chi connectivity index (χ3v) is 3.84. The molecule has 4 nitrogen and oxygen atoms in total. The average Bonchev–Trinajstić information content (AvgIpc) is 2.72. The first kappa shape index (κ1) is 14.6. The molecule has 0 saturated carbocycles. The number of carbonyl (C=O) groups excluding carboxylic acids is 1. The number of halogens is 1. The Labute approximate surface area is 113 Å². The van der Waals surface area contributed by atoms with Crippen molar-refractivity contribution in [1.29, 1.82) is 0 Å². The van der Waals surface area contributed by atoms with Crippen molar-refractivity contribution in [3.05, 3.63) is 20.8 Å². The molecule has 96 valence electrons. The van der Waals surface area contributed by atoms with Gasteiger partial charge in [-0.05, 0) is 34.5 Å². The lowest BCUT2D eigenvalue weighted by Gasteiger charge is -2.10. The number of esters is 1. The van der Waals surface area contributed by atoms with Gasteiger partial charge in [-0.2, -0.15) is 0 Å². The summed E-state index contributed by atoms with van der Waals surface area (Å²) in [4.78, 5) is 12.1. The van der Waals surface area contributed by atoms with E-state index in [4.69, 9.17) is 0 Å². The number of ether oxygens (including phenoxy) is 1. The van der Waals surface area contributed by atoms with Crippen LogP contribution in [0.25, 0.3) is 0 Å². The van der Waals surface area contributed by atoms with Crippen LogP contribution in [-0.4, -0.2) is 30.8 Å². The zero-order valence-electron chi connectivity index (χ0n) is 9.61. The number of hydrogen-bond donors (Lipinski definition) is 2. The van der Waals surface area contributed by atoms with Crippen LogP contribution in [0.15, 0.2) is 15.9 Å². The zero-order valence-corrected chi connectivity index (χ0v) is 12.0. The van der Waals surface area contributed by atoms with Crippen LogP contribution in [0.4, 0.5) is 0 Å². The van der Waals surface area contributed by atoms with Gasteiger partial charge in [0.1, 0.15) is 0 Å². The number of thiophene rings is 1. The first-order chi connectivity index (χ1) is 8.11. The lowest BCUT2D eigenvalue weighted by molar-refractivity contribution is -0.141. The van der Waals surface area contributed by atoms with Gasteiger partial charge in [0.25, 0.3) is 0 Å². The maximum absolute atomic E-state index is 10.9. The molecular weight excluding hydrogens is 306 g/mol. The standard InChI is InChI=1S/C11H16BrNO3S/c1-16-11(15)5-2-8(14)6-13-7-9-3-4-10(12)17-9/h3-4,8,13-14H,2,5-7H2,1H3. The minimum Gasteiger partial charge on any atom is -0.469 e. The monoisotopic (exact) mass is 321 g/mol. The molecule has 1 rings (SSSR count). The van der Waals surface area contributed by atoms with E-state index in [0.717, 1.165) is 10.3 Å².